The van der Waals surface area contributed by atoms with Crippen LogP contribution in [-0.2, 0) is 0 Å². The second-order valence-corrected chi connectivity index (χ2v) is 6.28. The number of likely N-dealkylation sites (tertiary alicyclic amines) is 1. The summed E-state index contributed by atoms with van der Waals surface area (Å²) in [6.07, 6.45) is 7.27. The fraction of sp³-hybridized carbons (Fsp3) is 1.00. The third-order valence-corrected chi connectivity index (χ3v) is 4.38. The molecule has 0 aromatic carbocycles. The van der Waals surface area contributed by atoms with Crippen LogP contribution in [-0.4, -0.2) is 28.0 Å². The first-order valence-corrected chi connectivity index (χ1v) is 5.78. The van der Waals surface area contributed by atoms with Gasteiger partial charge in [0, 0.05) is 9.97 Å². The third-order valence-electron chi connectivity index (χ3n) is 2.96. The van der Waals surface area contributed by atoms with Gasteiger partial charge in [-0.3, -0.25) is 0 Å². The molecule has 2 aliphatic rings. The molecule has 0 unspecified atom stereocenters. The number of nitrogens with zero attached hydrogens (tertiary/aromatic N) is 1. The first-order valence-electron chi connectivity index (χ1n) is 4.70. The molecule has 0 spiro atoms. The lowest BCUT2D eigenvalue weighted by molar-refractivity contribution is 0.247. The molecule has 64 valence electrons. The van der Waals surface area contributed by atoms with Crippen LogP contribution in [0.5, 0.6) is 0 Å². The Morgan fingerprint density at radius 2 is 1.73 bits per heavy atom. The van der Waals surface area contributed by atoms with E-state index in [4.69, 9.17) is 0 Å². The molecule has 1 saturated carbocycles. The maximum absolute atomic E-state index is 2.67. The Kier molecular flexibility index (Phi) is 2.42. The minimum atomic E-state index is 0.683. The molecular formula is C9H16IN. The number of alkyl halides is 1. The largest absolute Gasteiger partial charge is 0.302 e. The van der Waals surface area contributed by atoms with Crippen LogP contribution in [0, 0.1) is 0 Å². The molecule has 0 N–H and O–H groups in total. The Hall–Kier alpha value is 0.690. The molecule has 0 aromatic heterocycles. The Labute approximate surface area is 82.7 Å². The van der Waals surface area contributed by atoms with Crippen molar-refractivity contribution in [2.75, 3.05) is 19.6 Å². The summed E-state index contributed by atoms with van der Waals surface area (Å²) < 4.78 is 0.683. The molecule has 1 nitrogen and oxygen atoms in total. The predicted octanol–water partition coefficient (Wildman–Crippen LogP) is 2.44. The number of halogens is 1. The first-order chi connectivity index (χ1) is 5.29. The molecule has 0 amide bonds. The van der Waals surface area contributed by atoms with E-state index in [1.807, 2.05) is 0 Å². The van der Waals surface area contributed by atoms with Crippen molar-refractivity contribution in [3.05, 3.63) is 0 Å². The van der Waals surface area contributed by atoms with Crippen molar-refractivity contribution in [1.82, 2.24) is 4.90 Å². The van der Waals surface area contributed by atoms with Crippen LogP contribution in [0.4, 0.5) is 0 Å². The number of rotatable bonds is 2. The molecule has 0 bridgehead atoms. The summed E-state index contributed by atoms with van der Waals surface area (Å²) in [5.74, 6) is 0. The van der Waals surface area contributed by atoms with Gasteiger partial charge in [-0.1, -0.05) is 29.0 Å². The van der Waals surface area contributed by atoms with Crippen LogP contribution in [0.1, 0.15) is 32.1 Å². The van der Waals surface area contributed by atoms with E-state index < -0.39 is 0 Å². The lowest BCUT2D eigenvalue weighted by Gasteiger charge is -2.39. The molecule has 0 aromatic rings. The van der Waals surface area contributed by atoms with Crippen molar-refractivity contribution in [1.29, 1.82) is 0 Å². The summed E-state index contributed by atoms with van der Waals surface area (Å²) >= 11 is 2.67. The van der Waals surface area contributed by atoms with Gasteiger partial charge in [0.2, 0.25) is 0 Å². The van der Waals surface area contributed by atoms with E-state index in [2.05, 4.69) is 27.5 Å². The van der Waals surface area contributed by atoms with Gasteiger partial charge in [-0.25, -0.2) is 0 Å². The zero-order valence-corrected chi connectivity index (χ0v) is 9.14. The van der Waals surface area contributed by atoms with Crippen LogP contribution in [0.15, 0.2) is 0 Å². The smallest absolute Gasteiger partial charge is 0.0349 e. The zero-order chi connectivity index (χ0) is 7.73. The summed E-state index contributed by atoms with van der Waals surface area (Å²) in [5, 5.41) is 0. The standard InChI is InChI=1S/C9H16IN/c10-9(4-3-5-9)8-11-6-1-2-7-11/h1-8H2. The van der Waals surface area contributed by atoms with Gasteiger partial charge in [-0.15, -0.1) is 0 Å². The molecule has 11 heavy (non-hydrogen) atoms. The Bertz CT molecular complexity index is 136. The van der Waals surface area contributed by atoms with E-state index in [9.17, 15) is 0 Å². The zero-order valence-electron chi connectivity index (χ0n) is 6.98. The fourth-order valence-corrected chi connectivity index (χ4v) is 3.31. The van der Waals surface area contributed by atoms with E-state index in [-0.39, 0.29) is 0 Å². The van der Waals surface area contributed by atoms with Crippen LogP contribution >= 0.6 is 22.6 Å². The van der Waals surface area contributed by atoms with Crippen molar-refractivity contribution < 1.29 is 0 Å². The van der Waals surface area contributed by atoms with Gasteiger partial charge < -0.3 is 4.90 Å². The van der Waals surface area contributed by atoms with E-state index in [1.54, 1.807) is 0 Å². The van der Waals surface area contributed by atoms with E-state index in [0.717, 1.165) is 0 Å². The highest BCUT2D eigenvalue weighted by atomic mass is 127. The van der Waals surface area contributed by atoms with Gasteiger partial charge in [0.15, 0.2) is 0 Å². The van der Waals surface area contributed by atoms with E-state index in [0.29, 0.717) is 3.42 Å². The normalized spacial score (nSPS) is 30.3. The maximum Gasteiger partial charge on any atom is 0.0349 e. The van der Waals surface area contributed by atoms with Crippen molar-refractivity contribution in [3.63, 3.8) is 0 Å². The Morgan fingerprint density at radius 3 is 2.18 bits per heavy atom. The minimum Gasteiger partial charge on any atom is -0.302 e. The molecule has 1 saturated heterocycles. The molecule has 1 aliphatic carbocycles. The van der Waals surface area contributed by atoms with Gasteiger partial charge in [0.25, 0.3) is 0 Å². The average Bonchev–Trinajstić information content (AvgIpc) is 2.36. The van der Waals surface area contributed by atoms with Crippen molar-refractivity contribution in [3.8, 4) is 0 Å². The molecular weight excluding hydrogens is 249 g/mol. The van der Waals surface area contributed by atoms with Crippen LogP contribution in [0.3, 0.4) is 0 Å². The van der Waals surface area contributed by atoms with E-state index in [1.165, 1.54) is 51.7 Å². The summed E-state index contributed by atoms with van der Waals surface area (Å²) in [5.41, 5.74) is 0. The Morgan fingerprint density at radius 1 is 1.09 bits per heavy atom. The summed E-state index contributed by atoms with van der Waals surface area (Å²) in [6, 6.07) is 0. The summed E-state index contributed by atoms with van der Waals surface area (Å²) in [7, 11) is 0. The quantitative estimate of drug-likeness (QED) is 0.547. The van der Waals surface area contributed by atoms with Gasteiger partial charge in [0.1, 0.15) is 0 Å². The van der Waals surface area contributed by atoms with Crippen molar-refractivity contribution in [2.24, 2.45) is 0 Å². The second kappa shape index (κ2) is 3.21. The summed E-state index contributed by atoms with van der Waals surface area (Å²) in [4.78, 5) is 2.64. The van der Waals surface area contributed by atoms with Crippen LogP contribution in [0.2, 0.25) is 0 Å². The number of hydrogen-bond donors (Lipinski definition) is 0. The highest BCUT2D eigenvalue weighted by molar-refractivity contribution is 14.1. The topological polar surface area (TPSA) is 3.24 Å². The average molecular weight is 265 g/mol. The third kappa shape index (κ3) is 1.89. The number of hydrogen-bond acceptors (Lipinski definition) is 1. The van der Waals surface area contributed by atoms with Gasteiger partial charge in [0.05, 0.1) is 0 Å². The van der Waals surface area contributed by atoms with E-state index >= 15 is 0 Å². The predicted molar refractivity (Wildman–Crippen MR) is 56.3 cm³/mol. The first kappa shape index (κ1) is 8.30. The maximum atomic E-state index is 2.67. The monoisotopic (exact) mass is 265 g/mol. The van der Waals surface area contributed by atoms with Gasteiger partial charge >= 0.3 is 0 Å². The highest BCUT2D eigenvalue weighted by Gasteiger charge is 2.35. The van der Waals surface area contributed by atoms with Gasteiger partial charge in [-0.05, 0) is 38.8 Å². The fourth-order valence-electron chi connectivity index (χ4n) is 2.06. The summed E-state index contributed by atoms with van der Waals surface area (Å²) in [6.45, 7) is 4.10. The second-order valence-electron chi connectivity index (χ2n) is 3.99. The van der Waals surface area contributed by atoms with Crippen molar-refractivity contribution >= 4 is 22.6 Å². The van der Waals surface area contributed by atoms with Crippen LogP contribution < -0.4 is 0 Å². The lowest BCUT2D eigenvalue weighted by atomic mass is 9.85. The van der Waals surface area contributed by atoms with Crippen LogP contribution in [0.25, 0.3) is 0 Å². The molecule has 0 radical (unpaired) electrons. The van der Waals surface area contributed by atoms with Gasteiger partial charge in [-0.2, -0.15) is 0 Å². The highest BCUT2D eigenvalue weighted by Crippen LogP contribution is 2.41. The lowest BCUT2D eigenvalue weighted by Crippen LogP contribution is -2.42. The molecule has 1 aliphatic heterocycles. The molecule has 2 heteroatoms. The molecule has 2 rings (SSSR count). The van der Waals surface area contributed by atoms with Crippen molar-refractivity contribution in [2.45, 2.75) is 35.5 Å². The molecule has 2 fully saturated rings. The minimum absolute atomic E-state index is 0.683. The molecule has 1 heterocycles. The SMILES string of the molecule is IC1(CN2CCCC2)CCC1. The molecule has 0 atom stereocenters. The Balaban J connectivity index is 1.79.